The van der Waals surface area contributed by atoms with Crippen LogP contribution in [0.1, 0.15) is 5.56 Å². The zero-order valence-corrected chi connectivity index (χ0v) is 11.2. The summed E-state index contributed by atoms with van der Waals surface area (Å²) in [5.41, 5.74) is 1.58. The Morgan fingerprint density at radius 3 is 2.29 bits per heavy atom. The standard InChI is InChI=1S/C12H14N4Si/c1-17(2,3)12-9-16(15-14-12)11-6-4-10(8-13)5-7-11/h4-7,9H,1-3H3. The van der Waals surface area contributed by atoms with E-state index in [0.717, 1.165) is 11.0 Å². The molecule has 0 amide bonds. The summed E-state index contributed by atoms with van der Waals surface area (Å²) in [6.07, 6.45) is 1.98. The van der Waals surface area contributed by atoms with E-state index in [4.69, 9.17) is 5.26 Å². The predicted octanol–water partition coefficient (Wildman–Crippen LogP) is 1.68. The second kappa shape index (κ2) is 4.15. The van der Waals surface area contributed by atoms with Gasteiger partial charge in [0.15, 0.2) is 0 Å². The number of aromatic nitrogens is 3. The summed E-state index contributed by atoms with van der Waals surface area (Å²) < 4.78 is 1.76. The van der Waals surface area contributed by atoms with Crippen molar-refractivity contribution in [2.75, 3.05) is 0 Å². The van der Waals surface area contributed by atoms with Crippen molar-refractivity contribution in [1.29, 1.82) is 5.26 Å². The zero-order chi connectivity index (χ0) is 12.5. The molecule has 0 bridgehead atoms. The summed E-state index contributed by atoms with van der Waals surface area (Å²) in [6, 6.07) is 9.41. The van der Waals surface area contributed by atoms with Gasteiger partial charge in [0.05, 0.1) is 22.6 Å². The smallest absolute Gasteiger partial charge is 0.106 e. The van der Waals surface area contributed by atoms with Crippen LogP contribution >= 0.6 is 0 Å². The van der Waals surface area contributed by atoms with Crippen molar-refractivity contribution in [3.63, 3.8) is 0 Å². The van der Waals surface area contributed by atoms with Crippen molar-refractivity contribution in [3.05, 3.63) is 36.0 Å². The Labute approximate surface area is 102 Å². The van der Waals surface area contributed by atoms with E-state index in [-0.39, 0.29) is 0 Å². The summed E-state index contributed by atoms with van der Waals surface area (Å²) in [6.45, 7) is 6.71. The van der Waals surface area contributed by atoms with Crippen LogP contribution < -0.4 is 5.32 Å². The van der Waals surface area contributed by atoms with Crippen LogP contribution in [0.15, 0.2) is 30.5 Å². The maximum atomic E-state index is 8.73. The molecule has 0 aliphatic rings. The molecule has 0 aliphatic carbocycles. The first-order valence-corrected chi connectivity index (χ1v) is 8.94. The fourth-order valence-corrected chi connectivity index (χ4v) is 2.28. The molecular formula is C12H14N4Si. The second-order valence-corrected chi connectivity index (χ2v) is 9.97. The largest absolute Gasteiger partial charge is 0.221 e. The first-order chi connectivity index (χ1) is 8.00. The first-order valence-electron chi connectivity index (χ1n) is 5.44. The van der Waals surface area contributed by atoms with Gasteiger partial charge in [0, 0.05) is 6.20 Å². The highest BCUT2D eigenvalue weighted by Gasteiger charge is 2.20. The summed E-state index contributed by atoms with van der Waals surface area (Å²) in [4.78, 5) is 0. The molecule has 0 aliphatic heterocycles. The van der Waals surface area contributed by atoms with E-state index in [9.17, 15) is 0 Å². The Bertz CT molecular complexity index is 557. The van der Waals surface area contributed by atoms with Gasteiger partial charge in [-0.05, 0) is 24.3 Å². The molecule has 1 heterocycles. The van der Waals surface area contributed by atoms with Crippen molar-refractivity contribution in [3.8, 4) is 11.8 Å². The Balaban J connectivity index is 2.34. The highest BCUT2D eigenvalue weighted by atomic mass is 28.3. The van der Waals surface area contributed by atoms with Gasteiger partial charge < -0.3 is 0 Å². The van der Waals surface area contributed by atoms with Crippen LogP contribution in [0.4, 0.5) is 0 Å². The Hall–Kier alpha value is -1.93. The molecule has 5 heteroatoms. The van der Waals surface area contributed by atoms with Crippen LogP contribution in [0.3, 0.4) is 0 Å². The van der Waals surface area contributed by atoms with E-state index in [2.05, 4.69) is 36.0 Å². The van der Waals surface area contributed by atoms with Crippen molar-refractivity contribution in [2.24, 2.45) is 0 Å². The highest BCUT2D eigenvalue weighted by molar-refractivity contribution is 6.88. The molecule has 0 N–H and O–H groups in total. The van der Waals surface area contributed by atoms with Crippen molar-refractivity contribution < 1.29 is 0 Å². The van der Waals surface area contributed by atoms with Gasteiger partial charge in [0.25, 0.3) is 0 Å². The Morgan fingerprint density at radius 2 is 1.82 bits per heavy atom. The van der Waals surface area contributed by atoms with Crippen LogP contribution in [0.2, 0.25) is 19.6 Å². The van der Waals surface area contributed by atoms with Gasteiger partial charge in [-0.1, -0.05) is 24.9 Å². The minimum absolute atomic E-state index is 0.652. The molecule has 0 fully saturated rings. The lowest BCUT2D eigenvalue weighted by Gasteiger charge is -2.09. The molecule has 4 nitrogen and oxygen atoms in total. The average molecular weight is 242 g/mol. The van der Waals surface area contributed by atoms with Crippen molar-refractivity contribution in [1.82, 2.24) is 15.0 Å². The topological polar surface area (TPSA) is 54.5 Å². The van der Waals surface area contributed by atoms with Crippen molar-refractivity contribution in [2.45, 2.75) is 19.6 Å². The quantitative estimate of drug-likeness (QED) is 0.753. The highest BCUT2D eigenvalue weighted by Crippen LogP contribution is 2.08. The molecule has 0 saturated heterocycles. The average Bonchev–Trinajstić information content (AvgIpc) is 2.78. The van der Waals surface area contributed by atoms with E-state index < -0.39 is 8.07 Å². The van der Waals surface area contributed by atoms with Gasteiger partial charge >= 0.3 is 0 Å². The minimum atomic E-state index is -1.41. The number of nitrogens with zero attached hydrogens (tertiary/aromatic N) is 4. The third-order valence-electron chi connectivity index (χ3n) is 2.52. The molecule has 0 unspecified atom stereocenters. The number of hydrogen-bond acceptors (Lipinski definition) is 3. The van der Waals surface area contributed by atoms with E-state index in [1.165, 1.54) is 0 Å². The maximum Gasteiger partial charge on any atom is 0.106 e. The molecule has 2 aromatic rings. The molecule has 0 saturated carbocycles. The summed E-state index contributed by atoms with van der Waals surface area (Å²) in [5.74, 6) is 0. The monoisotopic (exact) mass is 242 g/mol. The third kappa shape index (κ3) is 2.42. The van der Waals surface area contributed by atoms with Gasteiger partial charge in [-0.25, -0.2) is 4.68 Å². The molecule has 86 valence electrons. The number of benzene rings is 1. The lowest BCUT2D eigenvalue weighted by molar-refractivity contribution is 0.804. The normalized spacial score (nSPS) is 11.2. The predicted molar refractivity (Wildman–Crippen MR) is 69.1 cm³/mol. The third-order valence-corrected chi connectivity index (χ3v) is 4.29. The Morgan fingerprint density at radius 1 is 1.18 bits per heavy atom. The van der Waals surface area contributed by atoms with E-state index >= 15 is 0 Å². The van der Waals surface area contributed by atoms with E-state index in [0.29, 0.717) is 5.56 Å². The van der Waals surface area contributed by atoms with Crippen LogP contribution in [0.25, 0.3) is 5.69 Å². The summed E-state index contributed by atoms with van der Waals surface area (Å²) in [5, 5.41) is 18.2. The molecule has 2 rings (SSSR count). The van der Waals surface area contributed by atoms with Crippen LogP contribution in [0, 0.1) is 11.3 Å². The summed E-state index contributed by atoms with van der Waals surface area (Å²) >= 11 is 0. The molecular weight excluding hydrogens is 228 g/mol. The fraction of sp³-hybridized carbons (Fsp3) is 0.250. The molecule has 1 aromatic heterocycles. The fourth-order valence-electron chi connectivity index (χ4n) is 1.42. The lowest BCUT2D eigenvalue weighted by Crippen LogP contribution is -2.38. The van der Waals surface area contributed by atoms with Gasteiger partial charge in [-0.3, -0.25) is 0 Å². The van der Waals surface area contributed by atoms with Crippen LogP contribution in [-0.4, -0.2) is 23.1 Å². The Kier molecular flexibility index (Phi) is 2.82. The van der Waals surface area contributed by atoms with E-state index in [1.807, 2.05) is 18.3 Å². The molecule has 0 radical (unpaired) electrons. The summed E-state index contributed by atoms with van der Waals surface area (Å²) in [7, 11) is -1.41. The molecule has 0 spiro atoms. The maximum absolute atomic E-state index is 8.73. The van der Waals surface area contributed by atoms with Crippen LogP contribution in [-0.2, 0) is 0 Å². The molecule has 1 aromatic carbocycles. The first kappa shape index (κ1) is 11.5. The van der Waals surface area contributed by atoms with Gasteiger partial charge in [0.1, 0.15) is 8.07 Å². The minimum Gasteiger partial charge on any atom is -0.221 e. The number of nitriles is 1. The number of rotatable bonds is 2. The number of hydrogen-bond donors (Lipinski definition) is 0. The van der Waals surface area contributed by atoms with E-state index in [1.54, 1.807) is 16.8 Å². The SMILES string of the molecule is C[Si](C)(C)c1cn(-c2ccc(C#N)cc2)nn1. The van der Waals surface area contributed by atoms with Crippen LogP contribution in [0.5, 0.6) is 0 Å². The van der Waals surface area contributed by atoms with Gasteiger partial charge in [-0.2, -0.15) is 5.26 Å². The van der Waals surface area contributed by atoms with Gasteiger partial charge in [-0.15, -0.1) is 5.10 Å². The van der Waals surface area contributed by atoms with Crippen molar-refractivity contribution >= 4 is 13.4 Å². The lowest BCUT2D eigenvalue weighted by atomic mass is 10.2. The second-order valence-electron chi connectivity index (χ2n) is 4.96. The zero-order valence-electron chi connectivity index (χ0n) is 10.2. The molecule has 17 heavy (non-hydrogen) atoms. The molecule has 0 atom stereocenters. The van der Waals surface area contributed by atoms with Gasteiger partial charge in [0.2, 0.25) is 0 Å².